The van der Waals surface area contributed by atoms with Gasteiger partial charge in [-0.1, -0.05) is 12.1 Å². The fraction of sp³-hybridized carbons (Fsp3) is 0.318. The van der Waals surface area contributed by atoms with Gasteiger partial charge in [-0.05, 0) is 49.6 Å². The van der Waals surface area contributed by atoms with Crippen LogP contribution in [0.3, 0.4) is 0 Å². The van der Waals surface area contributed by atoms with Crippen LogP contribution >= 0.6 is 0 Å². The lowest BCUT2D eigenvalue weighted by Crippen LogP contribution is -2.32. The summed E-state index contributed by atoms with van der Waals surface area (Å²) in [5, 5.41) is 14.0. The van der Waals surface area contributed by atoms with Gasteiger partial charge < -0.3 is 15.4 Å². The first-order chi connectivity index (χ1) is 15.2. The molecule has 0 bridgehead atoms. The number of fused-ring (bicyclic) bond motifs is 1. The van der Waals surface area contributed by atoms with E-state index in [4.69, 9.17) is 14.7 Å². The second kappa shape index (κ2) is 8.44. The van der Waals surface area contributed by atoms with E-state index in [1.165, 1.54) is 12.1 Å². The number of rotatable bonds is 7. The molecule has 2 atom stereocenters. The summed E-state index contributed by atoms with van der Waals surface area (Å²) in [5.74, 6) is 1.58. The molecule has 3 aromatic heterocycles. The van der Waals surface area contributed by atoms with E-state index in [2.05, 4.69) is 20.8 Å². The Bertz CT molecular complexity index is 1160. The predicted molar refractivity (Wildman–Crippen MR) is 115 cm³/mol. The van der Waals surface area contributed by atoms with Gasteiger partial charge in [0.05, 0.1) is 12.1 Å². The SMILES string of the molecule is Cc1cc(Nc2nc(C(NC[C@H]3CCCO3)c3ccc(F)cc3)nc3cccn23)n[nH]1. The van der Waals surface area contributed by atoms with Gasteiger partial charge in [0.1, 0.15) is 11.5 Å². The Labute approximate surface area is 178 Å². The molecule has 1 unspecified atom stereocenters. The molecule has 8 nitrogen and oxygen atoms in total. The fourth-order valence-electron chi connectivity index (χ4n) is 3.83. The molecule has 160 valence electrons. The van der Waals surface area contributed by atoms with Crippen molar-refractivity contribution in [2.24, 2.45) is 0 Å². The normalized spacial score (nSPS) is 17.3. The third-order valence-electron chi connectivity index (χ3n) is 5.39. The molecule has 1 aliphatic heterocycles. The maximum Gasteiger partial charge on any atom is 0.216 e. The Morgan fingerprint density at radius 1 is 1.26 bits per heavy atom. The molecule has 0 spiro atoms. The lowest BCUT2D eigenvalue weighted by Gasteiger charge is -2.21. The van der Waals surface area contributed by atoms with E-state index in [1.54, 1.807) is 12.1 Å². The van der Waals surface area contributed by atoms with Crippen molar-refractivity contribution in [1.82, 2.24) is 29.9 Å². The van der Waals surface area contributed by atoms with Crippen molar-refractivity contribution in [1.29, 1.82) is 0 Å². The molecule has 0 radical (unpaired) electrons. The molecule has 0 saturated carbocycles. The van der Waals surface area contributed by atoms with Crippen molar-refractivity contribution in [3.05, 3.63) is 71.6 Å². The molecule has 4 heterocycles. The van der Waals surface area contributed by atoms with E-state index in [9.17, 15) is 4.39 Å². The van der Waals surface area contributed by atoms with Crippen molar-refractivity contribution >= 4 is 17.4 Å². The molecule has 1 aliphatic rings. The smallest absolute Gasteiger partial charge is 0.216 e. The molecule has 4 aromatic rings. The Morgan fingerprint density at radius 3 is 2.87 bits per heavy atom. The van der Waals surface area contributed by atoms with E-state index in [0.717, 1.165) is 36.4 Å². The first-order valence-electron chi connectivity index (χ1n) is 10.4. The molecule has 1 aromatic carbocycles. The van der Waals surface area contributed by atoms with Crippen LogP contribution in [0.25, 0.3) is 5.65 Å². The maximum absolute atomic E-state index is 13.6. The Morgan fingerprint density at radius 2 is 2.13 bits per heavy atom. The third-order valence-corrected chi connectivity index (χ3v) is 5.39. The largest absolute Gasteiger partial charge is 0.377 e. The van der Waals surface area contributed by atoms with Crippen LogP contribution in [0, 0.1) is 12.7 Å². The molecule has 0 amide bonds. The molecule has 9 heteroatoms. The highest BCUT2D eigenvalue weighted by Crippen LogP contribution is 2.24. The van der Waals surface area contributed by atoms with Crippen LogP contribution in [0.2, 0.25) is 0 Å². The number of hydrogen-bond donors (Lipinski definition) is 3. The third kappa shape index (κ3) is 4.28. The molecular formula is C22H24FN7O. The average molecular weight is 421 g/mol. The van der Waals surface area contributed by atoms with E-state index >= 15 is 0 Å². The second-order valence-corrected chi connectivity index (χ2v) is 7.73. The number of benzene rings is 1. The lowest BCUT2D eigenvalue weighted by molar-refractivity contribution is 0.108. The first kappa shape index (κ1) is 19.7. The van der Waals surface area contributed by atoms with Crippen LogP contribution < -0.4 is 10.6 Å². The van der Waals surface area contributed by atoms with Gasteiger partial charge in [0.15, 0.2) is 11.6 Å². The Balaban J connectivity index is 1.52. The molecule has 5 rings (SSSR count). The summed E-state index contributed by atoms with van der Waals surface area (Å²) >= 11 is 0. The average Bonchev–Trinajstić information content (AvgIpc) is 3.52. The summed E-state index contributed by atoms with van der Waals surface area (Å²) in [6.07, 6.45) is 4.14. The molecule has 0 aliphatic carbocycles. The Hall–Kier alpha value is -3.30. The van der Waals surface area contributed by atoms with E-state index in [0.29, 0.717) is 24.1 Å². The van der Waals surface area contributed by atoms with E-state index in [1.807, 2.05) is 35.7 Å². The highest BCUT2D eigenvalue weighted by atomic mass is 19.1. The Kier molecular flexibility index (Phi) is 5.35. The van der Waals surface area contributed by atoms with Crippen LogP contribution in [-0.4, -0.2) is 43.8 Å². The molecular weight excluding hydrogens is 397 g/mol. The minimum absolute atomic E-state index is 0.157. The number of aryl methyl sites for hydroxylation is 1. The number of halogens is 1. The number of hydrogen-bond acceptors (Lipinski definition) is 6. The zero-order chi connectivity index (χ0) is 21.2. The lowest BCUT2D eigenvalue weighted by atomic mass is 10.1. The molecule has 1 fully saturated rings. The zero-order valence-corrected chi connectivity index (χ0v) is 17.2. The summed E-state index contributed by atoms with van der Waals surface area (Å²) in [6, 6.07) is 11.9. The summed E-state index contributed by atoms with van der Waals surface area (Å²) < 4.78 is 21.2. The predicted octanol–water partition coefficient (Wildman–Crippen LogP) is 3.50. The first-order valence-corrected chi connectivity index (χ1v) is 10.4. The van der Waals surface area contributed by atoms with Crippen molar-refractivity contribution in [3.8, 4) is 0 Å². The molecule has 1 saturated heterocycles. The topological polar surface area (TPSA) is 92.2 Å². The number of H-pyrrole nitrogens is 1. The summed E-state index contributed by atoms with van der Waals surface area (Å²) in [6.45, 7) is 3.39. The zero-order valence-electron chi connectivity index (χ0n) is 17.2. The quantitative estimate of drug-likeness (QED) is 0.423. The maximum atomic E-state index is 13.6. The molecule has 31 heavy (non-hydrogen) atoms. The van der Waals surface area contributed by atoms with Crippen molar-refractivity contribution in [2.75, 3.05) is 18.5 Å². The van der Waals surface area contributed by atoms with Crippen molar-refractivity contribution < 1.29 is 9.13 Å². The number of aromatic nitrogens is 5. The van der Waals surface area contributed by atoms with Gasteiger partial charge in [0, 0.05) is 31.1 Å². The summed E-state index contributed by atoms with van der Waals surface area (Å²) in [7, 11) is 0. The van der Waals surface area contributed by atoms with Gasteiger partial charge in [0.25, 0.3) is 0 Å². The minimum Gasteiger partial charge on any atom is -0.377 e. The number of nitrogens with zero attached hydrogens (tertiary/aromatic N) is 4. The van der Waals surface area contributed by atoms with Crippen molar-refractivity contribution in [2.45, 2.75) is 31.9 Å². The number of nitrogens with one attached hydrogen (secondary N) is 3. The van der Waals surface area contributed by atoms with Crippen LogP contribution in [0.5, 0.6) is 0 Å². The van der Waals surface area contributed by atoms with Crippen LogP contribution in [-0.2, 0) is 4.74 Å². The van der Waals surface area contributed by atoms with Crippen LogP contribution in [0.15, 0.2) is 48.7 Å². The van der Waals surface area contributed by atoms with Crippen LogP contribution in [0.1, 0.15) is 36.0 Å². The van der Waals surface area contributed by atoms with Crippen molar-refractivity contribution in [3.63, 3.8) is 0 Å². The van der Waals surface area contributed by atoms with E-state index < -0.39 is 0 Å². The standard InChI is InChI=1S/C22H24FN7O/c1-14-12-18(29-28-14)25-22-27-21(26-19-5-2-10-30(19)22)20(15-6-8-16(23)9-7-15)24-13-17-4-3-11-31-17/h2,5-10,12,17,20,24H,3-4,11,13H2,1H3,(H2,25,26,27,28,29)/t17-,20?/m1/s1. The van der Waals surface area contributed by atoms with Gasteiger partial charge in [-0.25, -0.2) is 9.37 Å². The monoisotopic (exact) mass is 421 g/mol. The van der Waals surface area contributed by atoms with Gasteiger partial charge in [0.2, 0.25) is 5.95 Å². The van der Waals surface area contributed by atoms with Gasteiger partial charge >= 0.3 is 0 Å². The fourth-order valence-corrected chi connectivity index (χ4v) is 3.83. The minimum atomic E-state index is -0.314. The molecule has 3 N–H and O–H groups in total. The number of aromatic amines is 1. The number of anilines is 2. The highest BCUT2D eigenvalue weighted by Gasteiger charge is 2.23. The van der Waals surface area contributed by atoms with Gasteiger partial charge in [-0.3, -0.25) is 9.50 Å². The summed E-state index contributed by atoms with van der Waals surface area (Å²) in [5.41, 5.74) is 2.59. The highest BCUT2D eigenvalue weighted by molar-refractivity contribution is 5.54. The second-order valence-electron chi connectivity index (χ2n) is 7.73. The van der Waals surface area contributed by atoms with Gasteiger partial charge in [-0.15, -0.1) is 0 Å². The number of ether oxygens (including phenoxy) is 1. The van der Waals surface area contributed by atoms with Gasteiger partial charge in [-0.2, -0.15) is 10.1 Å². The summed E-state index contributed by atoms with van der Waals surface area (Å²) in [4.78, 5) is 9.59. The van der Waals surface area contributed by atoms with E-state index in [-0.39, 0.29) is 18.0 Å². The van der Waals surface area contributed by atoms with Crippen LogP contribution in [0.4, 0.5) is 16.2 Å².